The molecule has 136 valence electrons. The molecule has 1 heterocycles. The molecule has 2 aromatic rings. The van der Waals surface area contributed by atoms with Gasteiger partial charge in [0.1, 0.15) is 0 Å². The van der Waals surface area contributed by atoms with Gasteiger partial charge in [-0.2, -0.15) is 0 Å². The third-order valence-electron chi connectivity index (χ3n) is 3.07. The van der Waals surface area contributed by atoms with Crippen molar-refractivity contribution >= 4 is 52.2 Å². The third-order valence-corrected chi connectivity index (χ3v) is 4.11. The highest BCUT2D eigenvalue weighted by Crippen LogP contribution is 2.12. The minimum absolute atomic E-state index is 0.140. The molecule has 3 N–H and O–H groups in total. The minimum Gasteiger partial charge on any atom is -0.347 e. The summed E-state index contributed by atoms with van der Waals surface area (Å²) in [4.78, 5) is 24.9. The number of thiophene rings is 1. The summed E-state index contributed by atoms with van der Waals surface area (Å²) in [6, 6.07) is 10.7. The summed E-state index contributed by atoms with van der Waals surface area (Å²) in [7, 11) is 0. The summed E-state index contributed by atoms with van der Waals surface area (Å²) < 4.78 is 0. The Kier molecular flexibility index (Phi) is 6.65. The van der Waals surface area contributed by atoms with Crippen molar-refractivity contribution in [3.05, 3.63) is 58.3 Å². The molecule has 0 fully saturated rings. The van der Waals surface area contributed by atoms with Crippen LogP contribution in [0.5, 0.6) is 0 Å². The first-order chi connectivity index (χ1) is 12.2. The number of nitrogens with one attached hydrogen (secondary N) is 3. The smallest absolute Gasteiger partial charge is 0.251 e. The predicted octanol–water partition coefficient (Wildman–Crippen LogP) is 3.80. The molecule has 0 atom stereocenters. The fourth-order valence-electron chi connectivity index (χ4n) is 1.98. The van der Waals surface area contributed by atoms with E-state index in [1.54, 1.807) is 41.7 Å². The molecule has 0 saturated heterocycles. The fourth-order valence-corrected chi connectivity index (χ4v) is 2.81. The van der Waals surface area contributed by atoms with Gasteiger partial charge in [-0.1, -0.05) is 6.07 Å². The van der Waals surface area contributed by atoms with Crippen LogP contribution in [0.15, 0.2) is 47.9 Å². The van der Waals surface area contributed by atoms with Crippen LogP contribution in [0.25, 0.3) is 6.08 Å². The summed E-state index contributed by atoms with van der Waals surface area (Å²) in [5, 5.41) is 10.5. The van der Waals surface area contributed by atoms with E-state index in [1.807, 2.05) is 38.3 Å². The minimum atomic E-state index is -0.308. The van der Waals surface area contributed by atoms with Crippen LogP contribution in [0.4, 0.5) is 5.69 Å². The Hall–Kier alpha value is -2.51. The van der Waals surface area contributed by atoms with Gasteiger partial charge in [0.15, 0.2) is 5.11 Å². The number of benzene rings is 1. The molecule has 2 amide bonds. The van der Waals surface area contributed by atoms with Gasteiger partial charge in [-0.25, -0.2) is 0 Å². The van der Waals surface area contributed by atoms with Crippen LogP contribution in [0, 0.1) is 0 Å². The number of carbonyl (C=O) groups is 2. The van der Waals surface area contributed by atoms with Crippen molar-refractivity contribution in [3.63, 3.8) is 0 Å². The molecule has 5 nitrogen and oxygen atoms in total. The lowest BCUT2D eigenvalue weighted by atomic mass is 10.1. The van der Waals surface area contributed by atoms with Gasteiger partial charge in [0.25, 0.3) is 5.91 Å². The van der Waals surface area contributed by atoms with E-state index < -0.39 is 0 Å². The number of hydrogen-bond donors (Lipinski definition) is 3. The summed E-state index contributed by atoms with van der Waals surface area (Å²) in [5.41, 5.74) is 0.945. The van der Waals surface area contributed by atoms with Crippen molar-refractivity contribution in [2.24, 2.45) is 0 Å². The van der Waals surface area contributed by atoms with Gasteiger partial charge in [-0.15, -0.1) is 11.3 Å². The summed E-state index contributed by atoms with van der Waals surface area (Å²) >= 11 is 6.67. The standard InChI is InChI=1S/C19H21N3O2S2/c1-19(2,3)22-17(24)13-6-8-14(9-7-13)20-18(25)21-16(23)11-10-15-5-4-12-26-15/h4-12H,1-3H3,(H,22,24)(H2,20,21,23,25)/b11-10+. The highest BCUT2D eigenvalue weighted by Gasteiger charge is 2.15. The highest BCUT2D eigenvalue weighted by molar-refractivity contribution is 7.80. The van der Waals surface area contributed by atoms with E-state index in [0.29, 0.717) is 11.3 Å². The van der Waals surface area contributed by atoms with Crippen LogP contribution in [0.3, 0.4) is 0 Å². The van der Waals surface area contributed by atoms with E-state index >= 15 is 0 Å². The number of hydrogen-bond acceptors (Lipinski definition) is 4. The molecule has 0 unspecified atom stereocenters. The van der Waals surface area contributed by atoms with E-state index in [9.17, 15) is 9.59 Å². The maximum absolute atomic E-state index is 12.1. The topological polar surface area (TPSA) is 70.2 Å². The fraction of sp³-hybridized carbons (Fsp3) is 0.211. The third kappa shape index (κ3) is 6.78. The van der Waals surface area contributed by atoms with E-state index in [1.165, 1.54) is 6.08 Å². The molecule has 7 heteroatoms. The second-order valence-corrected chi connectivity index (χ2v) is 7.96. The average Bonchev–Trinajstić information content (AvgIpc) is 3.05. The number of amides is 2. The largest absolute Gasteiger partial charge is 0.347 e. The van der Waals surface area contributed by atoms with Gasteiger partial charge in [0, 0.05) is 27.7 Å². The predicted molar refractivity (Wildman–Crippen MR) is 111 cm³/mol. The van der Waals surface area contributed by atoms with Gasteiger partial charge in [0.05, 0.1) is 0 Å². The van der Waals surface area contributed by atoms with Crippen LogP contribution >= 0.6 is 23.6 Å². The van der Waals surface area contributed by atoms with Crippen molar-refractivity contribution in [2.45, 2.75) is 26.3 Å². The molecule has 0 aliphatic heterocycles. The van der Waals surface area contributed by atoms with Crippen molar-refractivity contribution in [1.29, 1.82) is 0 Å². The number of anilines is 1. The second kappa shape index (κ2) is 8.73. The molecule has 26 heavy (non-hydrogen) atoms. The second-order valence-electron chi connectivity index (χ2n) is 6.57. The average molecular weight is 388 g/mol. The lowest BCUT2D eigenvalue weighted by molar-refractivity contribution is -0.115. The molecule has 0 aliphatic rings. The molecule has 1 aromatic carbocycles. The van der Waals surface area contributed by atoms with Crippen LogP contribution in [0.2, 0.25) is 0 Å². The SMILES string of the molecule is CC(C)(C)NC(=O)c1ccc(NC(=S)NC(=O)/C=C/c2cccs2)cc1. The number of thiocarbonyl (C=S) groups is 1. The maximum Gasteiger partial charge on any atom is 0.251 e. The Morgan fingerprint density at radius 1 is 1.12 bits per heavy atom. The van der Waals surface area contributed by atoms with E-state index in [2.05, 4.69) is 16.0 Å². The van der Waals surface area contributed by atoms with E-state index in [-0.39, 0.29) is 22.5 Å². The molecule has 1 aromatic heterocycles. The van der Waals surface area contributed by atoms with E-state index in [0.717, 1.165) is 4.88 Å². The van der Waals surface area contributed by atoms with E-state index in [4.69, 9.17) is 12.2 Å². The molecular formula is C19H21N3O2S2. The van der Waals surface area contributed by atoms with Gasteiger partial charge >= 0.3 is 0 Å². The molecule has 0 saturated carbocycles. The molecular weight excluding hydrogens is 366 g/mol. The van der Waals surface area contributed by atoms with Gasteiger partial charge in [0.2, 0.25) is 5.91 Å². The maximum atomic E-state index is 12.1. The quantitative estimate of drug-likeness (QED) is 0.551. The normalized spacial score (nSPS) is 11.2. The number of rotatable bonds is 4. The zero-order valence-corrected chi connectivity index (χ0v) is 16.5. The van der Waals surface area contributed by atoms with Crippen molar-refractivity contribution < 1.29 is 9.59 Å². The first-order valence-electron chi connectivity index (χ1n) is 7.99. The molecule has 0 radical (unpaired) electrons. The zero-order chi connectivity index (χ0) is 19.2. The van der Waals surface area contributed by atoms with Crippen LogP contribution in [-0.4, -0.2) is 22.5 Å². The van der Waals surface area contributed by atoms with Crippen LogP contribution in [0.1, 0.15) is 36.0 Å². The van der Waals surface area contributed by atoms with Crippen molar-refractivity contribution in [1.82, 2.24) is 10.6 Å². The lowest BCUT2D eigenvalue weighted by Gasteiger charge is -2.20. The Morgan fingerprint density at radius 2 is 1.81 bits per heavy atom. The Balaban J connectivity index is 1.87. The van der Waals surface area contributed by atoms with Crippen LogP contribution < -0.4 is 16.0 Å². The molecule has 0 bridgehead atoms. The van der Waals surface area contributed by atoms with Crippen LogP contribution in [-0.2, 0) is 4.79 Å². The molecule has 0 spiro atoms. The Morgan fingerprint density at radius 3 is 2.38 bits per heavy atom. The Bertz CT molecular complexity index is 804. The van der Waals surface area contributed by atoms with Gasteiger partial charge < -0.3 is 10.6 Å². The summed E-state index contributed by atoms with van der Waals surface area (Å²) in [5.74, 6) is -0.448. The van der Waals surface area contributed by atoms with Gasteiger partial charge in [-0.3, -0.25) is 14.9 Å². The van der Waals surface area contributed by atoms with Gasteiger partial charge in [-0.05, 0) is 74.8 Å². The Labute approximate surface area is 162 Å². The molecule has 0 aliphatic carbocycles. The van der Waals surface area contributed by atoms with Crippen molar-refractivity contribution in [3.8, 4) is 0 Å². The monoisotopic (exact) mass is 387 g/mol. The highest BCUT2D eigenvalue weighted by atomic mass is 32.1. The zero-order valence-electron chi connectivity index (χ0n) is 14.8. The summed E-state index contributed by atoms with van der Waals surface area (Å²) in [6.45, 7) is 5.78. The summed E-state index contributed by atoms with van der Waals surface area (Å²) in [6.07, 6.45) is 3.16. The molecule has 2 rings (SSSR count). The first kappa shape index (κ1) is 19.8. The first-order valence-corrected chi connectivity index (χ1v) is 9.28. The van der Waals surface area contributed by atoms with Crippen molar-refractivity contribution in [2.75, 3.05) is 5.32 Å². The lowest BCUT2D eigenvalue weighted by Crippen LogP contribution is -2.40. The number of carbonyl (C=O) groups excluding carboxylic acids is 2.